The van der Waals surface area contributed by atoms with E-state index in [9.17, 15) is 18.0 Å². The Labute approximate surface area is 113 Å². The fraction of sp³-hybridized carbons (Fsp3) is 0.818. The molecular formula is C11H21N3O4S. The standard InChI is InChI=1S/C11H21N3O4S/c1-3-6-14-10(15)8-9(11(14)16)12-5-7-19(17,18)13-4-2/h9,12-13H,3-8H2,1-2H3. The highest BCUT2D eigenvalue weighted by molar-refractivity contribution is 7.89. The molecule has 1 aliphatic rings. The summed E-state index contributed by atoms with van der Waals surface area (Å²) in [6.45, 7) is 4.51. The number of likely N-dealkylation sites (tertiary alicyclic amines) is 1. The maximum Gasteiger partial charge on any atom is 0.246 e. The number of carbonyl (C=O) groups excluding carboxylic acids is 2. The van der Waals surface area contributed by atoms with Crippen LogP contribution in [0.4, 0.5) is 0 Å². The van der Waals surface area contributed by atoms with E-state index in [1.54, 1.807) is 6.92 Å². The van der Waals surface area contributed by atoms with Crippen molar-refractivity contribution < 1.29 is 18.0 Å². The van der Waals surface area contributed by atoms with Crippen LogP contribution in [0.1, 0.15) is 26.7 Å². The third-order valence-electron chi connectivity index (χ3n) is 2.82. The van der Waals surface area contributed by atoms with Crippen molar-refractivity contribution in [1.82, 2.24) is 14.9 Å². The number of sulfonamides is 1. The maximum atomic E-state index is 11.9. The van der Waals surface area contributed by atoms with E-state index in [-0.39, 0.29) is 30.5 Å². The normalized spacial score (nSPS) is 20.3. The molecule has 0 bridgehead atoms. The minimum absolute atomic E-state index is 0.105. The fourth-order valence-electron chi connectivity index (χ4n) is 1.96. The lowest BCUT2D eigenvalue weighted by molar-refractivity contribution is -0.138. The average molecular weight is 291 g/mol. The molecule has 0 aromatic rings. The number of hydrogen-bond donors (Lipinski definition) is 2. The van der Waals surface area contributed by atoms with Crippen molar-refractivity contribution in [2.24, 2.45) is 0 Å². The maximum absolute atomic E-state index is 11.9. The second-order valence-electron chi connectivity index (χ2n) is 4.41. The molecule has 0 saturated carbocycles. The highest BCUT2D eigenvalue weighted by atomic mass is 32.2. The van der Waals surface area contributed by atoms with Gasteiger partial charge in [-0.1, -0.05) is 13.8 Å². The zero-order chi connectivity index (χ0) is 14.5. The second kappa shape index (κ2) is 6.97. The molecular weight excluding hydrogens is 270 g/mol. The summed E-state index contributed by atoms with van der Waals surface area (Å²) in [6.07, 6.45) is 0.832. The molecule has 110 valence electrons. The van der Waals surface area contributed by atoms with Gasteiger partial charge in [0.15, 0.2) is 0 Å². The summed E-state index contributed by atoms with van der Waals surface area (Å²) in [6, 6.07) is -0.587. The van der Waals surface area contributed by atoms with Crippen LogP contribution in [0.15, 0.2) is 0 Å². The van der Waals surface area contributed by atoms with E-state index in [0.717, 1.165) is 6.42 Å². The van der Waals surface area contributed by atoms with Gasteiger partial charge in [-0.2, -0.15) is 0 Å². The molecule has 19 heavy (non-hydrogen) atoms. The van der Waals surface area contributed by atoms with Gasteiger partial charge in [-0.3, -0.25) is 14.5 Å². The Bertz CT molecular complexity index is 435. The summed E-state index contributed by atoms with van der Waals surface area (Å²) in [7, 11) is -3.30. The van der Waals surface area contributed by atoms with Crippen LogP contribution in [-0.2, 0) is 19.6 Å². The van der Waals surface area contributed by atoms with Crippen LogP contribution in [-0.4, -0.2) is 56.6 Å². The molecule has 1 heterocycles. The largest absolute Gasteiger partial charge is 0.304 e. The molecule has 0 radical (unpaired) electrons. The molecule has 1 aliphatic heterocycles. The van der Waals surface area contributed by atoms with Crippen molar-refractivity contribution in [2.75, 3.05) is 25.4 Å². The first-order valence-corrected chi connectivity index (χ1v) is 8.11. The van der Waals surface area contributed by atoms with Gasteiger partial charge in [0.05, 0.1) is 18.2 Å². The number of rotatable bonds is 8. The van der Waals surface area contributed by atoms with Gasteiger partial charge in [-0.05, 0) is 6.42 Å². The van der Waals surface area contributed by atoms with Gasteiger partial charge in [-0.25, -0.2) is 13.1 Å². The third kappa shape index (κ3) is 4.55. The van der Waals surface area contributed by atoms with Gasteiger partial charge in [0, 0.05) is 19.6 Å². The van der Waals surface area contributed by atoms with Crippen LogP contribution in [0.25, 0.3) is 0 Å². The van der Waals surface area contributed by atoms with E-state index in [2.05, 4.69) is 10.0 Å². The third-order valence-corrected chi connectivity index (χ3v) is 4.29. The molecule has 1 atom stereocenters. The predicted molar refractivity (Wildman–Crippen MR) is 70.9 cm³/mol. The predicted octanol–water partition coefficient (Wildman–Crippen LogP) is -0.947. The van der Waals surface area contributed by atoms with Gasteiger partial charge in [-0.15, -0.1) is 0 Å². The number of amides is 2. The van der Waals surface area contributed by atoms with Crippen molar-refractivity contribution in [3.63, 3.8) is 0 Å². The van der Waals surface area contributed by atoms with Crippen LogP contribution >= 0.6 is 0 Å². The van der Waals surface area contributed by atoms with Gasteiger partial charge < -0.3 is 5.32 Å². The summed E-state index contributed by atoms with van der Waals surface area (Å²) in [4.78, 5) is 24.7. The summed E-state index contributed by atoms with van der Waals surface area (Å²) < 4.78 is 25.2. The van der Waals surface area contributed by atoms with Gasteiger partial charge in [0.25, 0.3) is 0 Å². The number of hydrogen-bond acceptors (Lipinski definition) is 5. The summed E-state index contributed by atoms with van der Waals surface area (Å²) in [5.74, 6) is -0.557. The monoisotopic (exact) mass is 291 g/mol. The van der Waals surface area contributed by atoms with E-state index in [0.29, 0.717) is 13.1 Å². The molecule has 1 unspecified atom stereocenters. The highest BCUT2D eigenvalue weighted by Crippen LogP contribution is 2.13. The smallest absolute Gasteiger partial charge is 0.246 e. The van der Waals surface area contributed by atoms with E-state index in [4.69, 9.17) is 0 Å². The van der Waals surface area contributed by atoms with Crippen LogP contribution in [0.5, 0.6) is 0 Å². The topological polar surface area (TPSA) is 95.6 Å². The lowest BCUT2D eigenvalue weighted by atomic mass is 10.2. The minimum Gasteiger partial charge on any atom is -0.304 e. The molecule has 8 heteroatoms. The lowest BCUT2D eigenvalue weighted by Gasteiger charge is -2.14. The molecule has 0 spiro atoms. The van der Waals surface area contributed by atoms with E-state index < -0.39 is 16.1 Å². The molecule has 0 aromatic carbocycles. The molecule has 0 aromatic heterocycles. The quantitative estimate of drug-likeness (QED) is 0.562. The summed E-state index contributed by atoms with van der Waals surface area (Å²) >= 11 is 0. The highest BCUT2D eigenvalue weighted by Gasteiger charge is 2.37. The zero-order valence-corrected chi connectivity index (χ0v) is 12.1. The Morgan fingerprint density at radius 2 is 2.00 bits per heavy atom. The first-order valence-electron chi connectivity index (χ1n) is 6.46. The Balaban J connectivity index is 2.43. The lowest BCUT2D eigenvalue weighted by Crippen LogP contribution is -2.41. The molecule has 1 saturated heterocycles. The first kappa shape index (κ1) is 16.1. The molecule has 7 nitrogen and oxygen atoms in total. The zero-order valence-electron chi connectivity index (χ0n) is 11.3. The number of carbonyl (C=O) groups is 2. The Hall–Kier alpha value is -0.990. The minimum atomic E-state index is -3.30. The van der Waals surface area contributed by atoms with Crippen molar-refractivity contribution in [1.29, 1.82) is 0 Å². The number of nitrogens with one attached hydrogen (secondary N) is 2. The summed E-state index contributed by atoms with van der Waals surface area (Å²) in [5, 5.41) is 2.83. The number of imide groups is 1. The van der Waals surface area contributed by atoms with Crippen LogP contribution in [0, 0.1) is 0 Å². The average Bonchev–Trinajstić information content (AvgIpc) is 2.57. The molecule has 0 aliphatic carbocycles. The second-order valence-corrected chi connectivity index (χ2v) is 6.34. The van der Waals surface area contributed by atoms with E-state index in [1.165, 1.54) is 4.90 Å². The molecule has 1 fully saturated rings. The van der Waals surface area contributed by atoms with Gasteiger partial charge >= 0.3 is 0 Å². The molecule has 2 amide bonds. The van der Waals surface area contributed by atoms with Crippen LogP contribution < -0.4 is 10.0 Å². The number of nitrogens with zero attached hydrogens (tertiary/aromatic N) is 1. The fourth-order valence-corrected chi connectivity index (χ4v) is 2.93. The van der Waals surface area contributed by atoms with Crippen molar-refractivity contribution in [2.45, 2.75) is 32.7 Å². The van der Waals surface area contributed by atoms with Crippen LogP contribution in [0.3, 0.4) is 0 Å². The SMILES string of the molecule is CCCN1C(=O)CC(NCCS(=O)(=O)NCC)C1=O. The van der Waals surface area contributed by atoms with Gasteiger partial charge in [0.2, 0.25) is 21.8 Å². The van der Waals surface area contributed by atoms with Gasteiger partial charge in [0.1, 0.15) is 0 Å². The molecule has 2 N–H and O–H groups in total. The van der Waals surface area contributed by atoms with Crippen molar-refractivity contribution in [3.05, 3.63) is 0 Å². The Kier molecular flexibility index (Phi) is 5.89. The van der Waals surface area contributed by atoms with Crippen molar-refractivity contribution in [3.8, 4) is 0 Å². The summed E-state index contributed by atoms with van der Waals surface area (Å²) in [5.41, 5.74) is 0. The van der Waals surface area contributed by atoms with Crippen LogP contribution in [0.2, 0.25) is 0 Å². The molecule has 1 rings (SSSR count). The van der Waals surface area contributed by atoms with Crippen molar-refractivity contribution >= 4 is 21.8 Å². The first-order chi connectivity index (χ1) is 8.91. The Morgan fingerprint density at radius 3 is 2.58 bits per heavy atom. The Morgan fingerprint density at radius 1 is 1.32 bits per heavy atom. The van der Waals surface area contributed by atoms with E-state index >= 15 is 0 Å². The van der Waals surface area contributed by atoms with E-state index in [1.807, 2.05) is 6.92 Å².